The molecule has 2 bridgehead atoms. The summed E-state index contributed by atoms with van der Waals surface area (Å²) in [6.07, 6.45) is 3.68. The molecule has 1 aromatic heterocycles. The van der Waals surface area contributed by atoms with Crippen LogP contribution in [0.5, 0.6) is 11.6 Å². The van der Waals surface area contributed by atoms with Gasteiger partial charge in [-0.15, -0.1) is 0 Å². The second-order valence-corrected chi connectivity index (χ2v) is 9.78. The molecule has 1 N–H and O–H groups in total. The number of hydrogen-bond acceptors (Lipinski definition) is 6. The number of ether oxygens (including phenoxy) is 3. The number of carbonyl (C=O) groups excluding carboxylic acids is 1. The zero-order valence-corrected chi connectivity index (χ0v) is 19.0. The Labute approximate surface area is 189 Å². The van der Waals surface area contributed by atoms with E-state index in [-0.39, 0.29) is 23.7 Å². The lowest BCUT2D eigenvalue weighted by Crippen LogP contribution is -2.53. The molecule has 170 valence electrons. The Kier molecular flexibility index (Phi) is 5.45. The molecular formula is C25H31N3O4. The van der Waals surface area contributed by atoms with E-state index < -0.39 is 0 Å². The maximum Gasteiger partial charge on any atom is 0.407 e. The third-order valence-corrected chi connectivity index (χ3v) is 7.10. The first kappa shape index (κ1) is 21.1. The van der Waals surface area contributed by atoms with Crippen molar-refractivity contribution in [1.82, 2.24) is 15.2 Å². The van der Waals surface area contributed by atoms with Crippen molar-refractivity contribution in [2.24, 2.45) is 11.3 Å². The number of amides is 1. The summed E-state index contributed by atoms with van der Waals surface area (Å²) >= 11 is 0. The van der Waals surface area contributed by atoms with E-state index in [1.165, 1.54) is 0 Å². The highest BCUT2D eigenvalue weighted by Crippen LogP contribution is 2.44. The van der Waals surface area contributed by atoms with Crippen LogP contribution in [0.2, 0.25) is 0 Å². The molecular weight excluding hydrogens is 406 g/mol. The number of hydrogen-bond donors (Lipinski definition) is 1. The number of aromatic nitrogens is 1. The zero-order chi connectivity index (χ0) is 22.3. The van der Waals surface area contributed by atoms with Gasteiger partial charge in [-0.25, -0.2) is 9.78 Å². The second-order valence-electron chi connectivity index (χ2n) is 9.78. The Balaban J connectivity index is 1.34. The number of pyridine rings is 1. The average molecular weight is 438 g/mol. The molecule has 0 radical (unpaired) electrons. The fraction of sp³-hybridized carbons (Fsp3) is 0.520. The van der Waals surface area contributed by atoms with Gasteiger partial charge in [-0.2, -0.15) is 0 Å². The first-order valence-electron chi connectivity index (χ1n) is 11.4. The van der Waals surface area contributed by atoms with Crippen LogP contribution < -0.4 is 14.8 Å². The van der Waals surface area contributed by atoms with E-state index in [1.807, 2.05) is 30.3 Å². The van der Waals surface area contributed by atoms with Crippen molar-refractivity contribution < 1.29 is 19.0 Å². The van der Waals surface area contributed by atoms with Crippen LogP contribution in [0.1, 0.15) is 38.3 Å². The van der Waals surface area contributed by atoms with Crippen molar-refractivity contribution in [3.8, 4) is 22.8 Å². The number of benzene rings is 1. The van der Waals surface area contributed by atoms with Crippen LogP contribution in [0, 0.1) is 11.3 Å². The molecule has 6 rings (SSSR count). The van der Waals surface area contributed by atoms with Crippen molar-refractivity contribution in [2.75, 3.05) is 33.4 Å². The van der Waals surface area contributed by atoms with E-state index in [1.54, 1.807) is 13.3 Å². The molecule has 7 nitrogen and oxygen atoms in total. The van der Waals surface area contributed by atoms with Gasteiger partial charge in [0.2, 0.25) is 5.88 Å². The van der Waals surface area contributed by atoms with E-state index >= 15 is 0 Å². The molecule has 1 amide bonds. The van der Waals surface area contributed by atoms with Gasteiger partial charge in [-0.1, -0.05) is 26.0 Å². The van der Waals surface area contributed by atoms with Crippen molar-refractivity contribution in [2.45, 2.75) is 38.8 Å². The van der Waals surface area contributed by atoms with Gasteiger partial charge in [0, 0.05) is 35.3 Å². The SMILES string of the molecule is COc1ccc(-c2ccc3c(c2)OCC(C)(C)C3NC(=O)O[C@H]2CN3CCC2CC3)cn1. The van der Waals surface area contributed by atoms with E-state index in [0.717, 1.165) is 54.9 Å². The highest BCUT2D eigenvalue weighted by Gasteiger charge is 2.41. The molecule has 1 aromatic carbocycles. The molecule has 3 saturated heterocycles. The minimum Gasteiger partial charge on any atom is -0.493 e. The number of nitrogens with one attached hydrogen (secondary N) is 1. The third kappa shape index (κ3) is 4.01. The summed E-state index contributed by atoms with van der Waals surface area (Å²) in [7, 11) is 1.60. The molecule has 3 fully saturated rings. The van der Waals surface area contributed by atoms with Crippen LogP contribution in [0.25, 0.3) is 11.1 Å². The predicted octanol–water partition coefficient (Wildman–Crippen LogP) is 4.04. The average Bonchev–Trinajstić information content (AvgIpc) is 2.81. The van der Waals surface area contributed by atoms with Crippen molar-refractivity contribution in [3.05, 3.63) is 42.1 Å². The van der Waals surface area contributed by atoms with E-state index in [2.05, 4.69) is 29.0 Å². The topological polar surface area (TPSA) is 72.9 Å². The van der Waals surface area contributed by atoms with Crippen molar-refractivity contribution >= 4 is 6.09 Å². The minimum atomic E-state index is -0.335. The number of rotatable bonds is 4. The van der Waals surface area contributed by atoms with Gasteiger partial charge in [0.05, 0.1) is 19.8 Å². The van der Waals surface area contributed by atoms with E-state index in [4.69, 9.17) is 14.2 Å². The van der Waals surface area contributed by atoms with Gasteiger partial charge in [0.15, 0.2) is 0 Å². The molecule has 5 heterocycles. The largest absolute Gasteiger partial charge is 0.493 e. The molecule has 2 aromatic rings. The molecule has 0 saturated carbocycles. The first-order chi connectivity index (χ1) is 15.4. The molecule has 7 heteroatoms. The Morgan fingerprint density at radius 3 is 2.62 bits per heavy atom. The predicted molar refractivity (Wildman–Crippen MR) is 121 cm³/mol. The van der Waals surface area contributed by atoms with Crippen molar-refractivity contribution in [1.29, 1.82) is 0 Å². The summed E-state index contributed by atoms with van der Waals surface area (Å²) < 4.78 is 17.2. The summed E-state index contributed by atoms with van der Waals surface area (Å²) in [5, 5.41) is 3.16. The Morgan fingerprint density at radius 1 is 1.19 bits per heavy atom. The van der Waals surface area contributed by atoms with Crippen molar-refractivity contribution in [3.63, 3.8) is 0 Å². The van der Waals surface area contributed by atoms with Gasteiger partial charge in [-0.3, -0.25) is 4.90 Å². The molecule has 32 heavy (non-hydrogen) atoms. The van der Waals surface area contributed by atoms with Crippen LogP contribution >= 0.6 is 0 Å². The van der Waals surface area contributed by atoms with Gasteiger partial charge in [0.1, 0.15) is 11.9 Å². The van der Waals surface area contributed by atoms with Crippen LogP contribution in [0.15, 0.2) is 36.5 Å². The minimum absolute atomic E-state index is 0.00938. The summed E-state index contributed by atoms with van der Waals surface area (Å²) in [5.41, 5.74) is 2.70. The standard InChI is InChI=1S/C25H31N3O4/c1-25(2)15-31-20-12-17(18-5-7-22(30-3)26-13-18)4-6-19(20)23(25)27-24(29)32-21-14-28-10-8-16(21)9-11-28/h4-7,12-13,16,21,23H,8-11,14-15H2,1-3H3,(H,27,29)/t21-,23?/m0/s1. The summed E-state index contributed by atoms with van der Waals surface area (Å²) in [4.78, 5) is 19.6. The number of alkyl carbamates (subject to hydrolysis) is 1. The molecule has 1 unspecified atom stereocenters. The molecule has 0 spiro atoms. The quantitative estimate of drug-likeness (QED) is 0.778. The maximum atomic E-state index is 12.9. The van der Waals surface area contributed by atoms with Gasteiger partial charge >= 0.3 is 6.09 Å². The van der Waals surface area contributed by atoms with E-state index in [9.17, 15) is 4.79 Å². The van der Waals surface area contributed by atoms with Gasteiger partial charge in [-0.05, 0) is 49.5 Å². The van der Waals surface area contributed by atoms with Gasteiger partial charge in [0.25, 0.3) is 0 Å². The lowest BCUT2D eigenvalue weighted by molar-refractivity contribution is -0.0361. The van der Waals surface area contributed by atoms with Crippen LogP contribution in [-0.4, -0.2) is 55.4 Å². The number of fused-ring (bicyclic) bond motifs is 4. The summed E-state index contributed by atoms with van der Waals surface area (Å²) in [6.45, 7) is 7.82. The molecule has 2 atom stereocenters. The lowest BCUT2D eigenvalue weighted by Gasteiger charge is -2.44. The van der Waals surface area contributed by atoms with Crippen LogP contribution in [-0.2, 0) is 4.74 Å². The number of piperidine rings is 3. The third-order valence-electron chi connectivity index (χ3n) is 7.10. The Bertz CT molecular complexity index is 983. The number of nitrogens with zero attached hydrogens (tertiary/aromatic N) is 2. The monoisotopic (exact) mass is 437 g/mol. The Hall–Kier alpha value is -2.80. The Morgan fingerprint density at radius 2 is 1.97 bits per heavy atom. The first-order valence-corrected chi connectivity index (χ1v) is 11.4. The number of carbonyl (C=O) groups is 1. The van der Waals surface area contributed by atoms with Crippen LogP contribution in [0.3, 0.4) is 0 Å². The highest BCUT2D eigenvalue weighted by atomic mass is 16.6. The molecule has 4 aliphatic rings. The normalized spacial score (nSPS) is 27.7. The second kappa shape index (κ2) is 8.28. The fourth-order valence-electron chi connectivity index (χ4n) is 5.12. The van der Waals surface area contributed by atoms with Crippen LogP contribution in [0.4, 0.5) is 4.79 Å². The van der Waals surface area contributed by atoms with E-state index in [0.29, 0.717) is 18.4 Å². The smallest absolute Gasteiger partial charge is 0.407 e. The zero-order valence-electron chi connectivity index (χ0n) is 19.0. The summed E-state index contributed by atoms with van der Waals surface area (Å²) in [6, 6.07) is 9.72. The fourth-order valence-corrected chi connectivity index (χ4v) is 5.12. The number of methoxy groups -OCH3 is 1. The summed E-state index contributed by atoms with van der Waals surface area (Å²) in [5.74, 6) is 1.85. The molecule has 4 aliphatic heterocycles. The molecule has 0 aliphatic carbocycles. The maximum absolute atomic E-state index is 12.9. The highest BCUT2D eigenvalue weighted by molar-refractivity contribution is 5.70. The lowest BCUT2D eigenvalue weighted by atomic mass is 9.78. The van der Waals surface area contributed by atoms with Gasteiger partial charge < -0.3 is 19.5 Å².